The molecule has 0 saturated carbocycles. The van der Waals surface area contributed by atoms with Crippen LogP contribution in [0, 0.1) is 5.92 Å². The topological polar surface area (TPSA) is 114 Å². The van der Waals surface area contributed by atoms with Crippen LogP contribution in [0.2, 0.25) is 0 Å². The van der Waals surface area contributed by atoms with Gasteiger partial charge in [-0.15, -0.1) is 11.8 Å². The van der Waals surface area contributed by atoms with Crippen LogP contribution in [0.4, 0.5) is 4.79 Å². The SMILES string of the molecule is COC(=O)C(CC(C)C)NC(=O)C1C(c2ccccc2)S[C@H]2CCC(NC(=O)OC(C)(C)C)C(=O)N12. The number of rotatable bonds is 7. The maximum Gasteiger partial charge on any atom is 0.408 e. The second kappa shape index (κ2) is 11.5. The lowest BCUT2D eigenvalue weighted by Crippen LogP contribution is -2.60. The third-order valence-corrected chi connectivity index (χ3v) is 7.65. The van der Waals surface area contributed by atoms with E-state index in [0.29, 0.717) is 19.3 Å². The van der Waals surface area contributed by atoms with E-state index in [1.807, 2.05) is 44.2 Å². The number of ether oxygens (including phenoxy) is 2. The van der Waals surface area contributed by atoms with Gasteiger partial charge in [0.15, 0.2) is 0 Å². The third-order valence-electron chi connectivity index (χ3n) is 6.05. The molecule has 2 heterocycles. The highest BCUT2D eigenvalue weighted by molar-refractivity contribution is 8.00. The third kappa shape index (κ3) is 6.72. The van der Waals surface area contributed by atoms with Crippen molar-refractivity contribution in [3.63, 3.8) is 0 Å². The number of alkyl carbamates (subject to hydrolysis) is 1. The molecule has 0 radical (unpaired) electrons. The van der Waals surface area contributed by atoms with Crippen molar-refractivity contribution in [3.05, 3.63) is 35.9 Å². The van der Waals surface area contributed by atoms with E-state index in [0.717, 1.165) is 5.56 Å². The summed E-state index contributed by atoms with van der Waals surface area (Å²) in [6, 6.07) is 7.09. The summed E-state index contributed by atoms with van der Waals surface area (Å²) in [7, 11) is 1.29. The number of hydrogen-bond acceptors (Lipinski definition) is 7. The first kappa shape index (κ1) is 27.8. The standard InChI is InChI=1S/C26H37N3O6S/c1-15(2)14-18(24(32)34-6)27-22(30)20-21(16-10-8-7-9-11-16)36-19-13-12-17(23(31)29(19)20)28-25(33)35-26(3,4)5/h7-11,15,17-21H,12-14H2,1-6H3,(H,27,30)(H,28,33)/t17?,18?,19-,20?,21?/m0/s1. The Hall–Kier alpha value is -2.75. The molecule has 1 aromatic rings. The fourth-order valence-electron chi connectivity index (χ4n) is 4.57. The quantitative estimate of drug-likeness (QED) is 0.531. The molecular formula is C26H37N3O6S. The molecule has 2 N–H and O–H groups in total. The van der Waals surface area contributed by atoms with Crippen LogP contribution in [0.3, 0.4) is 0 Å². The van der Waals surface area contributed by atoms with Crippen molar-refractivity contribution < 1.29 is 28.7 Å². The van der Waals surface area contributed by atoms with Crippen LogP contribution in [-0.2, 0) is 23.9 Å². The fraction of sp³-hybridized carbons (Fsp3) is 0.615. The van der Waals surface area contributed by atoms with Gasteiger partial charge in [0.05, 0.1) is 17.7 Å². The van der Waals surface area contributed by atoms with E-state index < -0.39 is 41.7 Å². The summed E-state index contributed by atoms with van der Waals surface area (Å²) < 4.78 is 10.3. The molecule has 10 heteroatoms. The molecule has 198 valence electrons. The molecule has 5 atom stereocenters. The lowest BCUT2D eigenvalue weighted by atomic mass is 9.97. The highest BCUT2D eigenvalue weighted by Crippen LogP contribution is 2.49. The Morgan fingerprint density at radius 2 is 1.81 bits per heavy atom. The number of carbonyl (C=O) groups excluding carboxylic acids is 4. The van der Waals surface area contributed by atoms with Crippen LogP contribution >= 0.6 is 11.8 Å². The summed E-state index contributed by atoms with van der Waals surface area (Å²) in [5, 5.41) is 4.98. The monoisotopic (exact) mass is 519 g/mol. The van der Waals surface area contributed by atoms with Crippen LogP contribution in [0.15, 0.2) is 30.3 Å². The summed E-state index contributed by atoms with van der Waals surface area (Å²) >= 11 is 1.56. The maximum atomic E-state index is 13.7. The Morgan fingerprint density at radius 3 is 2.39 bits per heavy atom. The van der Waals surface area contributed by atoms with E-state index in [-0.39, 0.29) is 22.4 Å². The van der Waals surface area contributed by atoms with Crippen molar-refractivity contribution in [2.24, 2.45) is 5.92 Å². The van der Waals surface area contributed by atoms with Gasteiger partial charge < -0.3 is 25.0 Å². The summed E-state index contributed by atoms with van der Waals surface area (Å²) in [6.07, 6.45) is 0.792. The number of carbonyl (C=O) groups is 4. The zero-order chi connectivity index (χ0) is 26.6. The average molecular weight is 520 g/mol. The number of thioether (sulfide) groups is 1. The van der Waals surface area contributed by atoms with Gasteiger partial charge in [-0.25, -0.2) is 9.59 Å². The molecule has 2 saturated heterocycles. The van der Waals surface area contributed by atoms with Crippen LogP contribution in [0.5, 0.6) is 0 Å². The Balaban J connectivity index is 1.88. The molecule has 3 amide bonds. The van der Waals surface area contributed by atoms with Crippen molar-refractivity contribution in [3.8, 4) is 0 Å². The van der Waals surface area contributed by atoms with Crippen LogP contribution in [-0.4, -0.2) is 65.0 Å². The van der Waals surface area contributed by atoms with Crippen LogP contribution < -0.4 is 10.6 Å². The summed E-state index contributed by atoms with van der Waals surface area (Å²) in [5.74, 6) is -1.13. The molecule has 2 aliphatic heterocycles. The number of methoxy groups -OCH3 is 1. The minimum absolute atomic E-state index is 0.143. The smallest absolute Gasteiger partial charge is 0.408 e. The number of amides is 3. The first-order valence-electron chi connectivity index (χ1n) is 12.3. The first-order chi connectivity index (χ1) is 16.9. The van der Waals surface area contributed by atoms with E-state index in [1.54, 1.807) is 37.4 Å². The Kier molecular flexibility index (Phi) is 8.92. The molecule has 9 nitrogen and oxygen atoms in total. The molecule has 0 aromatic heterocycles. The van der Waals surface area contributed by atoms with Gasteiger partial charge in [0.25, 0.3) is 0 Å². The Morgan fingerprint density at radius 1 is 1.14 bits per heavy atom. The van der Waals surface area contributed by atoms with Crippen molar-refractivity contribution in [1.29, 1.82) is 0 Å². The van der Waals surface area contributed by atoms with Crippen LogP contribution in [0.25, 0.3) is 0 Å². The van der Waals surface area contributed by atoms with Gasteiger partial charge >= 0.3 is 12.1 Å². The Labute approximate surface area is 217 Å². The second-order valence-electron chi connectivity index (χ2n) is 10.6. The summed E-state index contributed by atoms with van der Waals surface area (Å²) in [5.41, 5.74) is 0.216. The molecule has 3 rings (SSSR count). The summed E-state index contributed by atoms with van der Waals surface area (Å²) in [4.78, 5) is 53.7. The molecule has 1 aromatic carbocycles. The zero-order valence-corrected chi connectivity index (χ0v) is 22.6. The normalized spacial score (nSPS) is 24.6. The summed E-state index contributed by atoms with van der Waals surface area (Å²) in [6.45, 7) is 9.17. The second-order valence-corrected chi connectivity index (χ2v) is 11.9. The number of nitrogens with zero attached hydrogens (tertiary/aromatic N) is 1. The predicted molar refractivity (Wildman–Crippen MR) is 137 cm³/mol. The molecule has 4 unspecified atom stereocenters. The predicted octanol–water partition coefficient (Wildman–Crippen LogP) is 3.39. The minimum atomic E-state index is -0.850. The van der Waals surface area contributed by atoms with E-state index >= 15 is 0 Å². The number of benzene rings is 1. The van der Waals surface area contributed by atoms with Gasteiger partial charge in [0.1, 0.15) is 23.7 Å². The van der Waals surface area contributed by atoms with Gasteiger partial charge in [0, 0.05) is 0 Å². The Bertz CT molecular complexity index is 964. The van der Waals surface area contributed by atoms with Gasteiger partial charge in [-0.05, 0) is 51.5 Å². The van der Waals surface area contributed by atoms with Crippen LogP contribution in [0.1, 0.15) is 64.7 Å². The van der Waals surface area contributed by atoms with Crippen molar-refractivity contribution in [2.75, 3.05) is 7.11 Å². The van der Waals surface area contributed by atoms with Crippen molar-refractivity contribution in [2.45, 2.75) is 88.2 Å². The van der Waals surface area contributed by atoms with Gasteiger partial charge in [-0.1, -0.05) is 44.2 Å². The van der Waals surface area contributed by atoms with E-state index in [2.05, 4.69) is 10.6 Å². The largest absolute Gasteiger partial charge is 0.467 e. The molecule has 0 aliphatic carbocycles. The number of fused-ring (bicyclic) bond motifs is 1. The highest BCUT2D eigenvalue weighted by Gasteiger charge is 2.53. The lowest BCUT2D eigenvalue weighted by Gasteiger charge is -2.37. The number of esters is 1. The maximum absolute atomic E-state index is 13.7. The average Bonchev–Trinajstić information content (AvgIpc) is 3.19. The molecule has 2 aliphatic rings. The molecule has 0 spiro atoms. The lowest BCUT2D eigenvalue weighted by molar-refractivity contribution is -0.148. The number of piperidine rings is 1. The van der Waals surface area contributed by atoms with Crippen molar-refractivity contribution >= 4 is 35.6 Å². The molecule has 36 heavy (non-hydrogen) atoms. The fourth-order valence-corrected chi connectivity index (χ4v) is 6.26. The molecule has 2 fully saturated rings. The van der Waals surface area contributed by atoms with Gasteiger partial charge in [-0.3, -0.25) is 9.59 Å². The highest BCUT2D eigenvalue weighted by atomic mass is 32.2. The zero-order valence-electron chi connectivity index (χ0n) is 21.8. The van der Waals surface area contributed by atoms with Crippen molar-refractivity contribution in [1.82, 2.24) is 15.5 Å². The van der Waals surface area contributed by atoms with Gasteiger partial charge in [-0.2, -0.15) is 0 Å². The van der Waals surface area contributed by atoms with E-state index in [4.69, 9.17) is 9.47 Å². The van der Waals surface area contributed by atoms with E-state index in [1.165, 1.54) is 7.11 Å². The van der Waals surface area contributed by atoms with Gasteiger partial charge in [0.2, 0.25) is 11.8 Å². The molecule has 0 bridgehead atoms. The minimum Gasteiger partial charge on any atom is -0.467 e. The number of hydrogen-bond donors (Lipinski definition) is 2. The van der Waals surface area contributed by atoms with E-state index in [9.17, 15) is 19.2 Å². The number of nitrogens with one attached hydrogen (secondary N) is 2. The first-order valence-corrected chi connectivity index (χ1v) is 13.3. The molecular weight excluding hydrogens is 482 g/mol.